The number of carboxylic acids is 1. The molecule has 1 aromatic carbocycles. The molecule has 0 spiro atoms. The summed E-state index contributed by atoms with van der Waals surface area (Å²) in [4.78, 5) is 10.5. The van der Waals surface area contributed by atoms with Gasteiger partial charge in [0.15, 0.2) is 0 Å². The van der Waals surface area contributed by atoms with Crippen molar-refractivity contribution >= 4 is 5.97 Å². The van der Waals surface area contributed by atoms with Crippen LogP contribution in [0.4, 0.5) is 0 Å². The number of carbonyl (C=O) groups is 1. The smallest absolute Gasteiger partial charge is 0.303 e. The van der Waals surface area contributed by atoms with Crippen molar-refractivity contribution in [3.63, 3.8) is 0 Å². The van der Waals surface area contributed by atoms with Gasteiger partial charge >= 0.3 is 5.97 Å². The normalized spacial score (nSPS) is 13.9. The third-order valence-electron chi connectivity index (χ3n) is 2.93. The number of ether oxygens (including phenoxy) is 1. The zero-order valence-corrected chi connectivity index (χ0v) is 11.1. The van der Waals surface area contributed by atoms with Crippen molar-refractivity contribution in [2.24, 2.45) is 0 Å². The van der Waals surface area contributed by atoms with Gasteiger partial charge in [-0.15, -0.1) is 0 Å². The highest BCUT2D eigenvalue weighted by Gasteiger charge is 2.13. The van der Waals surface area contributed by atoms with Crippen LogP contribution in [0.25, 0.3) is 0 Å². The van der Waals surface area contributed by atoms with Crippen molar-refractivity contribution in [3.8, 4) is 5.75 Å². The van der Waals surface area contributed by atoms with Gasteiger partial charge in [0.25, 0.3) is 0 Å². The Morgan fingerprint density at radius 2 is 2.06 bits per heavy atom. The first-order valence-corrected chi connectivity index (χ1v) is 6.15. The third-order valence-corrected chi connectivity index (χ3v) is 2.93. The molecule has 0 bridgehead atoms. The van der Waals surface area contributed by atoms with Gasteiger partial charge in [0.05, 0.1) is 7.11 Å². The van der Waals surface area contributed by atoms with Crippen molar-refractivity contribution in [2.45, 2.75) is 38.8 Å². The summed E-state index contributed by atoms with van der Waals surface area (Å²) in [7, 11) is 1.65. The largest absolute Gasteiger partial charge is 0.496 e. The monoisotopic (exact) mass is 251 g/mol. The first-order chi connectivity index (χ1) is 8.54. The molecule has 2 N–H and O–H groups in total. The summed E-state index contributed by atoms with van der Waals surface area (Å²) >= 11 is 0. The van der Waals surface area contributed by atoms with Crippen LogP contribution in [-0.4, -0.2) is 24.2 Å². The molecule has 4 heteroatoms. The van der Waals surface area contributed by atoms with Gasteiger partial charge in [-0.25, -0.2) is 0 Å². The van der Waals surface area contributed by atoms with Crippen molar-refractivity contribution < 1.29 is 14.6 Å². The molecular formula is C14H21NO3. The zero-order chi connectivity index (χ0) is 13.5. The van der Waals surface area contributed by atoms with Crippen molar-refractivity contribution in [1.29, 1.82) is 0 Å². The number of carboxylic acid groups (broad SMARTS) is 1. The van der Waals surface area contributed by atoms with E-state index in [1.54, 1.807) is 7.11 Å². The van der Waals surface area contributed by atoms with E-state index in [4.69, 9.17) is 9.84 Å². The van der Waals surface area contributed by atoms with Crippen LogP contribution < -0.4 is 10.1 Å². The van der Waals surface area contributed by atoms with Crippen LogP contribution in [0.2, 0.25) is 0 Å². The van der Waals surface area contributed by atoms with Crippen LogP contribution in [0.15, 0.2) is 24.3 Å². The lowest BCUT2D eigenvalue weighted by atomic mass is 10.1. The highest BCUT2D eigenvalue weighted by Crippen LogP contribution is 2.24. The number of hydrogen-bond acceptors (Lipinski definition) is 3. The van der Waals surface area contributed by atoms with E-state index in [9.17, 15) is 4.79 Å². The fourth-order valence-electron chi connectivity index (χ4n) is 1.96. The van der Waals surface area contributed by atoms with Gasteiger partial charge in [-0.1, -0.05) is 18.2 Å². The summed E-state index contributed by atoms with van der Waals surface area (Å²) in [6, 6.07) is 8.13. The molecule has 0 fully saturated rings. The SMILES string of the molecule is COc1ccccc1C(C)NC(C)CCC(=O)O. The fourth-order valence-corrected chi connectivity index (χ4v) is 1.96. The Morgan fingerprint density at radius 3 is 2.67 bits per heavy atom. The van der Waals surface area contributed by atoms with Gasteiger partial charge < -0.3 is 15.2 Å². The van der Waals surface area contributed by atoms with Crippen LogP contribution >= 0.6 is 0 Å². The minimum Gasteiger partial charge on any atom is -0.496 e. The molecule has 0 aliphatic heterocycles. The van der Waals surface area contributed by atoms with Gasteiger partial charge in [-0.05, 0) is 26.3 Å². The van der Waals surface area contributed by atoms with Crippen LogP contribution in [0.5, 0.6) is 5.75 Å². The number of hydrogen-bond donors (Lipinski definition) is 2. The van der Waals surface area contributed by atoms with Crippen molar-refractivity contribution in [2.75, 3.05) is 7.11 Å². The molecule has 0 aliphatic carbocycles. The molecule has 0 aromatic heterocycles. The topological polar surface area (TPSA) is 58.6 Å². The number of nitrogens with one attached hydrogen (secondary N) is 1. The summed E-state index contributed by atoms with van der Waals surface area (Å²) in [5.41, 5.74) is 1.09. The maximum Gasteiger partial charge on any atom is 0.303 e. The summed E-state index contributed by atoms with van der Waals surface area (Å²) in [5, 5.41) is 12.0. The summed E-state index contributed by atoms with van der Waals surface area (Å²) < 4.78 is 5.31. The summed E-state index contributed by atoms with van der Waals surface area (Å²) in [6.07, 6.45) is 0.807. The number of rotatable bonds is 7. The summed E-state index contributed by atoms with van der Waals surface area (Å²) in [6.45, 7) is 4.05. The third kappa shape index (κ3) is 4.37. The average molecular weight is 251 g/mol. The molecule has 100 valence electrons. The molecule has 4 nitrogen and oxygen atoms in total. The number of benzene rings is 1. The molecule has 0 heterocycles. The van der Waals surface area contributed by atoms with Crippen LogP contribution in [-0.2, 0) is 4.79 Å². The Hall–Kier alpha value is -1.55. The number of para-hydroxylation sites is 1. The maximum atomic E-state index is 10.5. The zero-order valence-electron chi connectivity index (χ0n) is 11.1. The van der Waals surface area contributed by atoms with Gasteiger partial charge in [0.1, 0.15) is 5.75 Å². The molecule has 2 atom stereocenters. The lowest BCUT2D eigenvalue weighted by Gasteiger charge is -2.21. The minimum atomic E-state index is -0.756. The Kier molecular flexibility index (Phi) is 5.65. The van der Waals surface area contributed by atoms with Gasteiger partial charge in [-0.3, -0.25) is 4.79 Å². The van der Waals surface area contributed by atoms with E-state index in [1.807, 2.05) is 31.2 Å². The lowest BCUT2D eigenvalue weighted by molar-refractivity contribution is -0.137. The quantitative estimate of drug-likeness (QED) is 0.782. The Balaban J connectivity index is 2.58. The second kappa shape index (κ2) is 7.01. The van der Waals surface area contributed by atoms with Crippen molar-refractivity contribution in [1.82, 2.24) is 5.32 Å². The second-order valence-corrected chi connectivity index (χ2v) is 4.46. The molecule has 0 radical (unpaired) electrons. The van der Waals surface area contributed by atoms with E-state index in [-0.39, 0.29) is 18.5 Å². The predicted octanol–water partition coefficient (Wildman–Crippen LogP) is 2.60. The van der Waals surface area contributed by atoms with E-state index in [1.165, 1.54) is 0 Å². The first-order valence-electron chi connectivity index (χ1n) is 6.15. The molecule has 0 saturated heterocycles. The van der Waals surface area contributed by atoms with Gasteiger partial charge in [0.2, 0.25) is 0 Å². The molecule has 18 heavy (non-hydrogen) atoms. The lowest BCUT2D eigenvalue weighted by Crippen LogP contribution is -2.29. The molecule has 2 unspecified atom stereocenters. The summed E-state index contributed by atoms with van der Waals surface area (Å²) in [5.74, 6) is 0.0940. The maximum absolute atomic E-state index is 10.5. The standard InChI is InChI=1S/C14H21NO3/c1-10(8-9-14(16)17)15-11(2)12-6-4-5-7-13(12)18-3/h4-7,10-11,15H,8-9H2,1-3H3,(H,16,17). The van der Waals surface area contributed by atoms with Crippen LogP contribution in [0, 0.1) is 0 Å². The number of methoxy groups -OCH3 is 1. The van der Waals surface area contributed by atoms with E-state index in [2.05, 4.69) is 12.2 Å². The predicted molar refractivity (Wildman–Crippen MR) is 70.9 cm³/mol. The van der Waals surface area contributed by atoms with Crippen molar-refractivity contribution in [3.05, 3.63) is 29.8 Å². The van der Waals surface area contributed by atoms with E-state index in [0.717, 1.165) is 11.3 Å². The van der Waals surface area contributed by atoms with Crippen LogP contribution in [0.1, 0.15) is 38.3 Å². The molecule has 0 amide bonds. The highest BCUT2D eigenvalue weighted by atomic mass is 16.5. The van der Waals surface area contributed by atoms with E-state index >= 15 is 0 Å². The van der Waals surface area contributed by atoms with Gasteiger partial charge in [0, 0.05) is 24.1 Å². The molecular weight excluding hydrogens is 230 g/mol. The van der Waals surface area contributed by atoms with Gasteiger partial charge in [-0.2, -0.15) is 0 Å². The second-order valence-electron chi connectivity index (χ2n) is 4.46. The Morgan fingerprint density at radius 1 is 1.39 bits per heavy atom. The first kappa shape index (κ1) is 14.5. The molecule has 0 saturated carbocycles. The number of aliphatic carboxylic acids is 1. The van der Waals surface area contributed by atoms with E-state index < -0.39 is 5.97 Å². The fraction of sp³-hybridized carbons (Fsp3) is 0.500. The van der Waals surface area contributed by atoms with E-state index in [0.29, 0.717) is 6.42 Å². The highest BCUT2D eigenvalue weighted by molar-refractivity contribution is 5.66. The average Bonchev–Trinajstić information content (AvgIpc) is 2.36. The Labute approximate surface area is 108 Å². The molecule has 1 aromatic rings. The van der Waals surface area contributed by atoms with Crippen LogP contribution in [0.3, 0.4) is 0 Å². The molecule has 1 rings (SSSR count). The Bertz CT molecular complexity index is 392. The minimum absolute atomic E-state index is 0.130. The molecule has 0 aliphatic rings.